The Labute approximate surface area is 172 Å². The van der Waals surface area contributed by atoms with E-state index in [1.165, 1.54) is 27.8 Å². The van der Waals surface area contributed by atoms with Crippen molar-refractivity contribution in [3.8, 4) is 22.3 Å². The van der Waals surface area contributed by atoms with E-state index in [-0.39, 0.29) is 0 Å². The van der Waals surface area contributed by atoms with Crippen LogP contribution in [0.2, 0.25) is 0 Å². The molecule has 3 nitrogen and oxygen atoms in total. The number of rotatable bonds is 6. The molecule has 0 aliphatic carbocycles. The van der Waals surface area contributed by atoms with E-state index in [9.17, 15) is 0 Å². The van der Waals surface area contributed by atoms with Crippen molar-refractivity contribution < 1.29 is 9.13 Å². The van der Waals surface area contributed by atoms with Crippen LogP contribution < -0.4 is 14.9 Å². The first-order valence-electron chi connectivity index (χ1n) is 10.1. The summed E-state index contributed by atoms with van der Waals surface area (Å²) in [7, 11) is 0. The van der Waals surface area contributed by atoms with E-state index in [2.05, 4.69) is 114 Å². The summed E-state index contributed by atoms with van der Waals surface area (Å²) in [6.07, 6.45) is 8.55. The number of hydrogen-bond donors (Lipinski definition) is 1. The summed E-state index contributed by atoms with van der Waals surface area (Å²) >= 11 is 0. The van der Waals surface area contributed by atoms with Crippen LogP contribution in [0.15, 0.2) is 97.6 Å². The fraction of sp³-hybridized carbons (Fsp3) is 0.154. The standard InChI is InChI=1S/C26H27N3/c1-2-28-15-11-25(12-16-28)26-13-17-29(18-14-26)20-22-5-9-24(10-6-22)23-7-3-21(19-27)4-8-23/h3-18H,2,19-20,27H2,1H3/q+2. The van der Waals surface area contributed by atoms with Gasteiger partial charge in [0.2, 0.25) is 0 Å². The van der Waals surface area contributed by atoms with Crippen LogP contribution in [0.25, 0.3) is 22.3 Å². The van der Waals surface area contributed by atoms with Gasteiger partial charge in [-0.1, -0.05) is 48.5 Å². The maximum Gasteiger partial charge on any atom is 0.173 e. The number of pyridine rings is 2. The van der Waals surface area contributed by atoms with E-state index in [4.69, 9.17) is 5.73 Å². The summed E-state index contributed by atoms with van der Waals surface area (Å²) in [5, 5.41) is 0. The fourth-order valence-corrected chi connectivity index (χ4v) is 3.46. The van der Waals surface area contributed by atoms with Gasteiger partial charge in [-0.25, -0.2) is 9.13 Å². The van der Waals surface area contributed by atoms with Crippen molar-refractivity contribution in [3.63, 3.8) is 0 Å². The van der Waals surface area contributed by atoms with Crippen molar-refractivity contribution >= 4 is 0 Å². The molecule has 4 rings (SSSR count). The Morgan fingerprint density at radius 2 is 0.966 bits per heavy atom. The highest BCUT2D eigenvalue weighted by molar-refractivity contribution is 5.64. The summed E-state index contributed by atoms with van der Waals surface area (Å²) in [5.41, 5.74) is 13.1. The van der Waals surface area contributed by atoms with Crippen LogP contribution in [0.5, 0.6) is 0 Å². The highest BCUT2D eigenvalue weighted by Crippen LogP contribution is 2.20. The second kappa shape index (κ2) is 8.80. The van der Waals surface area contributed by atoms with E-state index < -0.39 is 0 Å². The molecule has 0 atom stereocenters. The van der Waals surface area contributed by atoms with Gasteiger partial charge in [-0.15, -0.1) is 0 Å². The number of nitrogens with two attached hydrogens (primary N) is 1. The first-order chi connectivity index (χ1) is 14.2. The molecule has 0 unspecified atom stereocenters. The van der Waals surface area contributed by atoms with Gasteiger partial charge < -0.3 is 5.73 Å². The van der Waals surface area contributed by atoms with Gasteiger partial charge in [-0.2, -0.15) is 0 Å². The van der Waals surface area contributed by atoms with Gasteiger partial charge in [0.25, 0.3) is 0 Å². The van der Waals surface area contributed by atoms with Crippen molar-refractivity contribution in [2.75, 3.05) is 0 Å². The van der Waals surface area contributed by atoms with E-state index in [0.29, 0.717) is 6.54 Å². The minimum absolute atomic E-state index is 0.582. The first kappa shape index (κ1) is 19.0. The van der Waals surface area contributed by atoms with Crippen LogP contribution in [-0.2, 0) is 19.6 Å². The summed E-state index contributed by atoms with van der Waals surface area (Å²) in [5.74, 6) is 0. The number of hydrogen-bond acceptors (Lipinski definition) is 1. The molecule has 0 bridgehead atoms. The zero-order chi connectivity index (χ0) is 20.1. The maximum absolute atomic E-state index is 5.68. The normalized spacial score (nSPS) is 10.8. The third kappa shape index (κ3) is 4.58. The van der Waals surface area contributed by atoms with Gasteiger partial charge in [-0.3, -0.25) is 0 Å². The van der Waals surface area contributed by atoms with Gasteiger partial charge in [0.15, 0.2) is 31.3 Å². The number of aryl methyl sites for hydroxylation is 1. The van der Waals surface area contributed by atoms with Crippen LogP contribution in [0.3, 0.4) is 0 Å². The fourth-order valence-electron chi connectivity index (χ4n) is 3.46. The zero-order valence-corrected chi connectivity index (χ0v) is 16.8. The summed E-state index contributed by atoms with van der Waals surface area (Å²) in [4.78, 5) is 0. The minimum atomic E-state index is 0.582. The molecule has 2 aromatic carbocycles. The Balaban J connectivity index is 1.44. The van der Waals surface area contributed by atoms with Crippen molar-refractivity contribution in [1.82, 2.24) is 0 Å². The molecule has 0 radical (unpaired) electrons. The third-order valence-corrected chi connectivity index (χ3v) is 5.32. The molecule has 0 fully saturated rings. The van der Waals surface area contributed by atoms with Gasteiger partial charge in [-0.05, 0) is 34.7 Å². The Bertz CT molecular complexity index is 960. The average molecular weight is 382 g/mol. The molecule has 2 aromatic heterocycles. The van der Waals surface area contributed by atoms with E-state index in [0.717, 1.165) is 18.7 Å². The smallest absolute Gasteiger partial charge is 0.173 e. The highest BCUT2D eigenvalue weighted by atomic mass is 14.9. The van der Waals surface area contributed by atoms with Gasteiger partial charge in [0.05, 0.1) is 0 Å². The van der Waals surface area contributed by atoms with Crippen LogP contribution in [0, 0.1) is 0 Å². The SMILES string of the molecule is CC[n+]1ccc(-c2cc[n+](Cc3ccc(-c4ccc(CN)cc4)cc3)cc2)cc1. The minimum Gasteiger partial charge on any atom is -0.326 e. The third-order valence-electron chi connectivity index (χ3n) is 5.32. The van der Waals surface area contributed by atoms with Crippen molar-refractivity contribution in [3.05, 3.63) is 109 Å². The lowest BCUT2D eigenvalue weighted by Crippen LogP contribution is -2.33. The number of aromatic nitrogens is 2. The van der Waals surface area contributed by atoms with Crippen LogP contribution in [0.1, 0.15) is 18.1 Å². The highest BCUT2D eigenvalue weighted by Gasteiger charge is 2.07. The van der Waals surface area contributed by atoms with Crippen molar-refractivity contribution in [1.29, 1.82) is 0 Å². The lowest BCUT2D eigenvalue weighted by Gasteiger charge is -2.05. The van der Waals surface area contributed by atoms with E-state index >= 15 is 0 Å². The first-order valence-corrected chi connectivity index (χ1v) is 10.1. The van der Waals surface area contributed by atoms with Crippen LogP contribution >= 0.6 is 0 Å². The predicted molar refractivity (Wildman–Crippen MR) is 117 cm³/mol. The molecule has 0 saturated heterocycles. The monoisotopic (exact) mass is 381 g/mol. The molecule has 4 aromatic rings. The molecule has 0 amide bonds. The second-order valence-corrected chi connectivity index (χ2v) is 7.27. The molecule has 0 aliphatic heterocycles. The quantitative estimate of drug-likeness (QED) is 0.501. The molecule has 0 aliphatic rings. The molecular formula is C26H27N3+2. The Morgan fingerprint density at radius 1 is 0.552 bits per heavy atom. The van der Waals surface area contributed by atoms with Crippen LogP contribution in [0.4, 0.5) is 0 Å². The van der Waals surface area contributed by atoms with Crippen molar-refractivity contribution in [2.24, 2.45) is 5.73 Å². The molecule has 2 heterocycles. The average Bonchev–Trinajstić information content (AvgIpc) is 2.80. The topological polar surface area (TPSA) is 33.8 Å². The van der Waals surface area contributed by atoms with E-state index in [1.54, 1.807) is 0 Å². The molecule has 0 saturated carbocycles. The molecule has 0 spiro atoms. The molecule has 144 valence electrons. The van der Waals surface area contributed by atoms with Crippen molar-refractivity contribution in [2.45, 2.75) is 26.6 Å². The summed E-state index contributed by atoms with van der Waals surface area (Å²) in [6, 6.07) is 25.9. The molecule has 3 heteroatoms. The molecule has 29 heavy (non-hydrogen) atoms. The van der Waals surface area contributed by atoms with E-state index in [1.807, 2.05) is 0 Å². The lowest BCUT2D eigenvalue weighted by atomic mass is 10.0. The second-order valence-electron chi connectivity index (χ2n) is 7.27. The number of nitrogens with zero attached hydrogens (tertiary/aromatic N) is 2. The Kier molecular flexibility index (Phi) is 5.78. The Morgan fingerprint density at radius 3 is 1.41 bits per heavy atom. The zero-order valence-electron chi connectivity index (χ0n) is 16.8. The van der Waals surface area contributed by atoms with Gasteiger partial charge in [0, 0.05) is 36.4 Å². The van der Waals surface area contributed by atoms with Crippen LogP contribution in [-0.4, -0.2) is 0 Å². The lowest BCUT2D eigenvalue weighted by molar-refractivity contribution is -0.693. The summed E-state index contributed by atoms with van der Waals surface area (Å²) < 4.78 is 4.38. The predicted octanol–water partition coefficient (Wildman–Crippen LogP) is 4.12. The molecule has 2 N–H and O–H groups in total. The van der Waals surface area contributed by atoms with Gasteiger partial charge in [0.1, 0.15) is 6.54 Å². The number of benzene rings is 2. The van der Waals surface area contributed by atoms with Gasteiger partial charge >= 0.3 is 0 Å². The maximum atomic E-state index is 5.68. The Hall–Kier alpha value is -3.30. The summed E-state index contributed by atoms with van der Waals surface area (Å²) in [6.45, 7) is 4.58. The largest absolute Gasteiger partial charge is 0.326 e. The molecular weight excluding hydrogens is 354 g/mol.